The monoisotopic (exact) mass is 249 g/mol. The molecule has 6 heteroatoms. The lowest BCUT2D eigenvalue weighted by atomic mass is 10.0. The van der Waals surface area contributed by atoms with Gasteiger partial charge < -0.3 is 5.11 Å². The molecule has 1 unspecified atom stereocenters. The molecule has 0 spiro atoms. The number of benzene rings is 1. The van der Waals surface area contributed by atoms with Crippen molar-refractivity contribution in [1.29, 1.82) is 0 Å². The average molecular weight is 249 g/mol. The fourth-order valence-electron chi connectivity index (χ4n) is 1.81. The minimum Gasteiger partial charge on any atom is -0.464 e. The van der Waals surface area contributed by atoms with Crippen molar-refractivity contribution in [2.24, 2.45) is 0 Å². The van der Waals surface area contributed by atoms with Crippen LogP contribution in [0.4, 0.5) is 10.5 Å². The maximum absolute atomic E-state index is 11.0. The molecule has 0 fully saturated rings. The zero-order chi connectivity index (χ0) is 13.0. The topological polar surface area (TPSA) is 73.8 Å². The Balaban J connectivity index is 2.16. The highest BCUT2D eigenvalue weighted by Crippen LogP contribution is 2.28. The zero-order valence-corrected chi connectivity index (χ0v) is 9.80. The summed E-state index contributed by atoms with van der Waals surface area (Å²) in [5.74, 6) is 0. The van der Waals surface area contributed by atoms with Crippen LogP contribution in [-0.2, 0) is 4.84 Å². The second kappa shape index (κ2) is 5.52. The normalized spacial score (nSPS) is 17.8. The average Bonchev–Trinajstić information content (AvgIpc) is 2.38. The van der Waals surface area contributed by atoms with Gasteiger partial charge in [0.1, 0.15) is 0 Å². The second-order valence-corrected chi connectivity index (χ2v) is 3.86. The molecule has 6 nitrogen and oxygen atoms in total. The molecule has 2 rings (SSSR count). The van der Waals surface area contributed by atoms with Crippen molar-refractivity contribution in [3.05, 3.63) is 42.5 Å². The molecule has 1 heterocycles. The number of fused-ring (bicyclic) bond motifs is 1. The van der Waals surface area contributed by atoms with Crippen LogP contribution in [0, 0.1) is 0 Å². The predicted molar refractivity (Wildman–Crippen MR) is 66.8 cm³/mol. The van der Waals surface area contributed by atoms with Crippen molar-refractivity contribution in [2.45, 2.75) is 6.04 Å². The van der Waals surface area contributed by atoms with Crippen molar-refractivity contribution in [2.75, 3.05) is 18.6 Å². The number of hydroxylamine groups is 1. The standard InChI is InChI=1S/C12H15N3O3/c1-2-7-18-14-11-8-15(12(16)17)13-10-6-4-3-5-9(10)11/h2-6,11,13-14H,1,7-8H2,(H,16,17). The lowest BCUT2D eigenvalue weighted by Crippen LogP contribution is -2.45. The van der Waals surface area contributed by atoms with E-state index in [9.17, 15) is 4.79 Å². The van der Waals surface area contributed by atoms with E-state index in [0.717, 1.165) is 16.3 Å². The first-order chi connectivity index (χ1) is 8.72. The number of carbonyl (C=O) groups is 1. The summed E-state index contributed by atoms with van der Waals surface area (Å²) in [6, 6.07) is 7.29. The van der Waals surface area contributed by atoms with E-state index in [4.69, 9.17) is 9.94 Å². The maximum Gasteiger partial charge on any atom is 0.426 e. The van der Waals surface area contributed by atoms with Crippen LogP contribution in [0.5, 0.6) is 0 Å². The second-order valence-electron chi connectivity index (χ2n) is 3.86. The van der Waals surface area contributed by atoms with E-state index in [-0.39, 0.29) is 12.6 Å². The predicted octanol–water partition coefficient (Wildman–Crippen LogP) is 1.76. The van der Waals surface area contributed by atoms with Crippen molar-refractivity contribution in [3.8, 4) is 0 Å². The number of nitrogens with one attached hydrogen (secondary N) is 2. The van der Waals surface area contributed by atoms with Gasteiger partial charge in [0, 0.05) is 0 Å². The molecule has 0 aliphatic carbocycles. The largest absolute Gasteiger partial charge is 0.464 e. The highest BCUT2D eigenvalue weighted by molar-refractivity contribution is 5.70. The first-order valence-corrected chi connectivity index (χ1v) is 5.56. The first-order valence-electron chi connectivity index (χ1n) is 5.56. The Morgan fingerprint density at radius 3 is 3.17 bits per heavy atom. The van der Waals surface area contributed by atoms with Gasteiger partial charge in [-0.1, -0.05) is 24.3 Å². The van der Waals surface area contributed by atoms with Gasteiger partial charge in [-0.05, 0) is 11.6 Å². The molecular weight excluding hydrogens is 234 g/mol. The van der Waals surface area contributed by atoms with Crippen LogP contribution in [0.3, 0.4) is 0 Å². The van der Waals surface area contributed by atoms with Crippen LogP contribution in [0.15, 0.2) is 36.9 Å². The number of nitrogens with zero attached hydrogens (tertiary/aromatic N) is 1. The highest BCUT2D eigenvalue weighted by atomic mass is 16.6. The third-order valence-corrected chi connectivity index (χ3v) is 2.61. The van der Waals surface area contributed by atoms with Gasteiger partial charge in [-0.15, -0.1) is 6.58 Å². The molecule has 1 aliphatic rings. The van der Waals surface area contributed by atoms with Crippen molar-refractivity contribution in [1.82, 2.24) is 10.5 Å². The number of para-hydroxylation sites is 1. The number of amides is 1. The number of hydrogen-bond acceptors (Lipinski definition) is 4. The van der Waals surface area contributed by atoms with Gasteiger partial charge >= 0.3 is 6.09 Å². The van der Waals surface area contributed by atoms with Crippen LogP contribution in [0.1, 0.15) is 11.6 Å². The lowest BCUT2D eigenvalue weighted by molar-refractivity contribution is 0.0241. The number of hydrogen-bond donors (Lipinski definition) is 3. The SMILES string of the molecule is C=CCONC1CN(C(=O)O)Nc2ccccc21. The Hall–Kier alpha value is -2.05. The van der Waals surface area contributed by atoms with Crippen LogP contribution in [0.2, 0.25) is 0 Å². The first kappa shape index (κ1) is 12.4. The van der Waals surface area contributed by atoms with Gasteiger partial charge in [0.2, 0.25) is 0 Å². The van der Waals surface area contributed by atoms with E-state index in [2.05, 4.69) is 17.5 Å². The molecule has 3 N–H and O–H groups in total. The number of rotatable bonds is 4. The minimum absolute atomic E-state index is 0.210. The van der Waals surface area contributed by atoms with Crippen LogP contribution < -0.4 is 10.9 Å². The molecule has 1 atom stereocenters. The van der Waals surface area contributed by atoms with Crippen LogP contribution in [0.25, 0.3) is 0 Å². The molecule has 0 bridgehead atoms. The number of anilines is 1. The minimum atomic E-state index is -1.03. The van der Waals surface area contributed by atoms with Crippen LogP contribution >= 0.6 is 0 Å². The fraction of sp³-hybridized carbons (Fsp3) is 0.250. The van der Waals surface area contributed by atoms with Gasteiger partial charge in [0.05, 0.1) is 24.9 Å². The van der Waals surface area contributed by atoms with Gasteiger partial charge in [-0.2, -0.15) is 5.48 Å². The molecule has 1 aliphatic heterocycles. The van der Waals surface area contributed by atoms with Crippen molar-refractivity contribution >= 4 is 11.8 Å². The summed E-state index contributed by atoms with van der Waals surface area (Å²) < 4.78 is 0. The quantitative estimate of drug-likeness (QED) is 0.431. The molecule has 1 amide bonds. The van der Waals surface area contributed by atoms with E-state index >= 15 is 0 Å². The summed E-state index contributed by atoms with van der Waals surface area (Å²) in [5.41, 5.74) is 7.41. The maximum atomic E-state index is 11.0. The summed E-state index contributed by atoms with van der Waals surface area (Å²) in [6.45, 7) is 4.18. The van der Waals surface area contributed by atoms with Gasteiger partial charge in [0.25, 0.3) is 0 Å². The molecule has 0 saturated heterocycles. The molecule has 0 radical (unpaired) electrons. The molecule has 18 heavy (non-hydrogen) atoms. The van der Waals surface area contributed by atoms with E-state index in [1.165, 1.54) is 0 Å². The number of hydrazine groups is 1. The smallest absolute Gasteiger partial charge is 0.426 e. The van der Waals surface area contributed by atoms with Gasteiger partial charge in [-0.25, -0.2) is 9.80 Å². The van der Waals surface area contributed by atoms with E-state index in [1.54, 1.807) is 6.08 Å². The van der Waals surface area contributed by atoms with E-state index in [0.29, 0.717) is 6.61 Å². The molecule has 96 valence electrons. The fourth-order valence-corrected chi connectivity index (χ4v) is 1.81. The summed E-state index contributed by atoms with van der Waals surface area (Å²) in [7, 11) is 0. The Labute approximate surface area is 105 Å². The third-order valence-electron chi connectivity index (χ3n) is 2.61. The third kappa shape index (κ3) is 2.61. The van der Waals surface area contributed by atoms with Crippen molar-refractivity contribution in [3.63, 3.8) is 0 Å². The molecule has 0 saturated carbocycles. The summed E-state index contributed by atoms with van der Waals surface area (Å²) in [5, 5.41) is 10.2. The Morgan fingerprint density at radius 1 is 1.67 bits per heavy atom. The van der Waals surface area contributed by atoms with Gasteiger partial charge in [0.15, 0.2) is 0 Å². The Kier molecular flexibility index (Phi) is 3.81. The highest BCUT2D eigenvalue weighted by Gasteiger charge is 2.27. The molecular formula is C12H15N3O3. The van der Waals surface area contributed by atoms with Crippen molar-refractivity contribution < 1.29 is 14.7 Å². The Morgan fingerprint density at radius 2 is 2.44 bits per heavy atom. The zero-order valence-electron chi connectivity index (χ0n) is 9.80. The lowest BCUT2D eigenvalue weighted by Gasteiger charge is -2.33. The summed E-state index contributed by atoms with van der Waals surface area (Å²) >= 11 is 0. The number of carboxylic acid groups (broad SMARTS) is 1. The Bertz CT molecular complexity index is 450. The molecule has 1 aromatic carbocycles. The van der Waals surface area contributed by atoms with E-state index < -0.39 is 6.09 Å². The van der Waals surface area contributed by atoms with E-state index in [1.807, 2.05) is 24.3 Å². The molecule has 0 aromatic heterocycles. The summed E-state index contributed by atoms with van der Waals surface area (Å²) in [4.78, 5) is 16.2. The summed E-state index contributed by atoms with van der Waals surface area (Å²) in [6.07, 6.45) is 0.592. The van der Waals surface area contributed by atoms with Crippen LogP contribution in [-0.4, -0.2) is 29.4 Å². The van der Waals surface area contributed by atoms with Gasteiger partial charge in [-0.3, -0.25) is 10.3 Å². The molecule has 1 aromatic rings.